The molecule has 2 N–H and O–H groups in total. The Morgan fingerprint density at radius 1 is 0.800 bits per heavy atom. The first-order valence-corrected chi connectivity index (χ1v) is 6.25. The van der Waals surface area contributed by atoms with Crippen molar-refractivity contribution in [3.63, 3.8) is 0 Å². The Morgan fingerprint density at radius 2 is 1.07 bits per heavy atom. The van der Waals surface area contributed by atoms with Crippen molar-refractivity contribution in [1.29, 1.82) is 0 Å². The predicted molar refractivity (Wildman–Crippen MR) is 45.8 cm³/mol. The quantitative estimate of drug-likeness (QED) is 0.580. The van der Waals surface area contributed by atoms with Crippen LogP contribution < -0.4 is 0 Å². The fraction of sp³-hybridized carbons (Fsp3) is 1.00. The van der Waals surface area contributed by atoms with Gasteiger partial charge in [0.1, 0.15) is 0 Å². The van der Waals surface area contributed by atoms with Crippen LogP contribution in [0.3, 0.4) is 0 Å². The van der Waals surface area contributed by atoms with Gasteiger partial charge in [-0.2, -0.15) is 16.8 Å². The standard InChI is InChI=1S/C4H8O2.H2O7S2/c1-2-6-4-3-5-1;1-8(2,3)7-9(4,5)6/h1-4H2;(H,1,2,3)(H,4,5,6). The third-order valence-corrected chi connectivity index (χ3v) is 2.29. The Kier molecular flexibility index (Phi) is 6.19. The van der Waals surface area contributed by atoms with Gasteiger partial charge >= 0.3 is 20.8 Å². The lowest BCUT2D eigenvalue weighted by Crippen LogP contribution is -2.16. The second kappa shape index (κ2) is 6.32. The molecule has 1 aliphatic rings. The summed E-state index contributed by atoms with van der Waals surface area (Å²) < 4.78 is 65.5. The van der Waals surface area contributed by atoms with Crippen molar-refractivity contribution in [3.05, 3.63) is 0 Å². The van der Waals surface area contributed by atoms with E-state index in [0.717, 1.165) is 26.4 Å². The van der Waals surface area contributed by atoms with Crippen LogP contribution in [-0.4, -0.2) is 52.4 Å². The Bertz CT molecular complexity index is 308. The summed E-state index contributed by atoms with van der Waals surface area (Å²) in [6, 6.07) is 0. The second-order valence-corrected chi connectivity index (χ2v) is 4.40. The van der Waals surface area contributed by atoms with Crippen molar-refractivity contribution < 1.29 is 39.0 Å². The molecule has 0 amide bonds. The molecule has 92 valence electrons. The van der Waals surface area contributed by atoms with E-state index in [2.05, 4.69) is 3.63 Å². The molecule has 0 aliphatic carbocycles. The van der Waals surface area contributed by atoms with Crippen LogP contribution in [0.15, 0.2) is 0 Å². The summed E-state index contributed by atoms with van der Waals surface area (Å²) in [5.41, 5.74) is 0. The van der Waals surface area contributed by atoms with Crippen molar-refractivity contribution in [2.45, 2.75) is 0 Å². The lowest BCUT2D eigenvalue weighted by Gasteiger charge is -2.09. The number of hydrogen-bond donors (Lipinski definition) is 2. The minimum absolute atomic E-state index is 0.778. The highest BCUT2D eigenvalue weighted by molar-refractivity contribution is 7.94. The van der Waals surface area contributed by atoms with Gasteiger partial charge in [0.2, 0.25) is 0 Å². The lowest BCUT2D eigenvalue weighted by molar-refractivity contribution is -0.0334. The van der Waals surface area contributed by atoms with E-state index >= 15 is 0 Å². The summed E-state index contributed by atoms with van der Waals surface area (Å²) in [4.78, 5) is 0. The predicted octanol–water partition coefficient (Wildman–Crippen LogP) is -1.36. The molecule has 1 saturated heterocycles. The maximum absolute atomic E-state index is 9.44. The summed E-state index contributed by atoms with van der Waals surface area (Å²) in [6.07, 6.45) is 0. The highest BCUT2D eigenvalue weighted by atomic mass is 32.3. The molecule has 11 heteroatoms. The molecular weight excluding hydrogens is 256 g/mol. The molecule has 0 aromatic rings. The first kappa shape index (κ1) is 14.7. The fourth-order valence-corrected chi connectivity index (χ4v) is 1.42. The summed E-state index contributed by atoms with van der Waals surface area (Å²) in [6.45, 7) is 3.11. The normalized spacial score (nSPS) is 17.7. The summed E-state index contributed by atoms with van der Waals surface area (Å²) in [5, 5.41) is 0. The molecule has 0 saturated carbocycles. The zero-order valence-corrected chi connectivity index (χ0v) is 9.03. The van der Waals surface area contributed by atoms with Gasteiger partial charge in [-0.3, -0.25) is 9.11 Å². The largest absolute Gasteiger partial charge is 0.413 e. The topological polar surface area (TPSA) is 136 Å². The molecule has 9 nitrogen and oxygen atoms in total. The molecule has 0 radical (unpaired) electrons. The average Bonchev–Trinajstić information content (AvgIpc) is 2.01. The van der Waals surface area contributed by atoms with E-state index in [1.165, 1.54) is 0 Å². The van der Waals surface area contributed by atoms with E-state index in [4.69, 9.17) is 18.6 Å². The zero-order chi connectivity index (χ0) is 11.9. The van der Waals surface area contributed by atoms with Crippen LogP contribution >= 0.6 is 0 Å². The molecule has 1 aliphatic heterocycles. The third kappa shape index (κ3) is 13.7. The van der Waals surface area contributed by atoms with E-state index < -0.39 is 20.8 Å². The van der Waals surface area contributed by atoms with Gasteiger partial charge in [0, 0.05) is 0 Å². The van der Waals surface area contributed by atoms with Crippen LogP contribution in [-0.2, 0) is 33.9 Å². The van der Waals surface area contributed by atoms with Crippen LogP contribution in [0.25, 0.3) is 0 Å². The Morgan fingerprint density at radius 3 is 1.13 bits per heavy atom. The molecular formula is C4H10O9S2. The van der Waals surface area contributed by atoms with Gasteiger partial charge in [0.25, 0.3) is 0 Å². The Balaban J connectivity index is 0.000000280. The van der Waals surface area contributed by atoms with Gasteiger partial charge in [-0.05, 0) is 0 Å². The van der Waals surface area contributed by atoms with Crippen LogP contribution in [0.1, 0.15) is 0 Å². The smallest absolute Gasteiger partial charge is 0.377 e. The molecule has 1 heterocycles. The minimum Gasteiger partial charge on any atom is -0.377 e. The molecule has 0 atom stereocenters. The number of rotatable bonds is 2. The Labute approximate surface area is 86.8 Å². The van der Waals surface area contributed by atoms with Gasteiger partial charge in [-0.25, -0.2) is 0 Å². The van der Waals surface area contributed by atoms with Gasteiger partial charge < -0.3 is 9.47 Å². The summed E-state index contributed by atoms with van der Waals surface area (Å²) in [7, 11) is -10.2. The van der Waals surface area contributed by atoms with Crippen LogP contribution in [0.5, 0.6) is 0 Å². The van der Waals surface area contributed by atoms with Crippen LogP contribution in [0.2, 0.25) is 0 Å². The molecule has 1 fully saturated rings. The Hall–Kier alpha value is -0.300. The fourth-order valence-electron chi connectivity index (χ4n) is 0.548. The van der Waals surface area contributed by atoms with Crippen molar-refractivity contribution in [2.24, 2.45) is 0 Å². The van der Waals surface area contributed by atoms with E-state index in [1.54, 1.807) is 0 Å². The monoisotopic (exact) mass is 266 g/mol. The van der Waals surface area contributed by atoms with E-state index in [1.807, 2.05) is 0 Å². The van der Waals surface area contributed by atoms with Gasteiger partial charge in [0.15, 0.2) is 0 Å². The highest BCUT2D eigenvalue weighted by Gasteiger charge is 2.15. The van der Waals surface area contributed by atoms with Crippen molar-refractivity contribution >= 4 is 20.8 Å². The lowest BCUT2D eigenvalue weighted by atomic mass is 10.6. The van der Waals surface area contributed by atoms with Crippen LogP contribution in [0, 0.1) is 0 Å². The maximum Gasteiger partial charge on any atom is 0.413 e. The number of ether oxygens (including phenoxy) is 2. The molecule has 0 bridgehead atoms. The molecule has 0 spiro atoms. The maximum atomic E-state index is 9.44. The van der Waals surface area contributed by atoms with Crippen molar-refractivity contribution in [1.82, 2.24) is 0 Å². The van der Waals surface area contributed by atoms with Gasteiger partial charge in [0.05, 0.1) is 26.4 Å². The molecule has 0 aromatic heterocycles. The van der Waals surface area contributed by atoms with E-state index in [0.29, 0.717) is 0 Å². The first-order chi connectivity index (χ1) is 6.71. The van der Waals surface area contributed by atoms with Crippen molar-refractivity contribution in [2.75, 3.05) is 26.4 Å². The molecule has 0 unspecified atom stereocenters. The van der Waals surface area contributed by atoms with E-state index in [-0.39, 0.29) is 0 Å². The summed E-state index contributed by atoms with van der Waals surface area (Å²) in [5.74, 6) is 0. The SMILES string of the molecule is C1COCCO1.O=S(=O)(O)OS(=O)(=O)O. The average molecular weight is 266 g/mol. The second-order valence-electron chi connectivity index (χ2n) is 2.15. The van der Waals surface area contributed by atoms with Crippen LogP contribution in [0.4, 0.5) is 0 Å². The zero-order valence-electron chi connectivity index (χ0n) is 7.40. The van der Waals surface area contributed by atoms with E-state index in [9.17, 15) is 16.8 Å². The first-order valence-electron chi connectivity index (χ1n) is 3.52. The summed E-state index contributed by atoms with van der Waals surface area (Å²) >= 11 is 0. The molecule has 0 aromatic carbocycles. The van der Waals surface area contributed by atoms with Gasteiger partial charge in [-0.1, -0.05) is 0 Å². The number of hydrogen-bond acceptors (Lipinski definition) is 7. The molecule has 15 heavy (non-hydrogen) atoms. The van der Waals surface area contributed by atoms with Crippen molar-refractivity contribution in [3.8, 4) is 0 Å². The molecule has 1 rings (SSSR count). The van der Waals surface area contributed by atoms with Gasteiger partial charge in [-0.15, -0.1) is 3.63 Å². The minimum atomic E-state index is -5.12. The third-order valence-electron chi connectivity index (χ3n) is 0.916. The highest BCUT2D eigenvalue weighted by Crippen LogP contribution is 1.91.